The Morgan fingerprint density at radius 2 is 2.45 bits per heavy atom. The summed E-state index contributed by atoms with van der Waals surface area (Å²) >= 11 is 0. The molecular weight excluding hydrogens is 142 g/mol. The SMILES string of the molecule is N#CC(N=O)c1ccccn1. The number of rotatable bonds is 2. The van der Waals surface area contributed by atoms with Crippen LogP contribution in [0.3, 0.4) is 0 Å². The van der Waals surface area contributed by atoms with E-state index in [4.69, 9.17) is 5.26 Å². The van der Waals surface area contributed by atoms with E-state index in [1.54, 1.807) is 24.3 Å². The number of aromatic nitrogens is 1. The van der Waals surface area contributed by atoms with Crippen LogP contribution >= 0.6 is 0 Å². The largest absolute Gasteiger partial charge is 0.258 e. The third-order valence-electron chi connectivity index (χ3n) is 1.20. The summed E-state index contributed by atoms with van der Waals surface area (Å²) in [4.78, 5) is 13.8. The molecule has 0 bridgehead atoms. The van der Waals surface area contributed by atoms with Gasteiger partial charge in [0.15, 0.2) is 0 Å². The van der Waals surface area contributed by atoms with Crippen LogP contribution in [0, 0.1) is 16.2 Å². The van der Waals surface area contributed by atoms with Gasteiger partial charge in [-0.1, -0.05) is 6.07 Å². The molecule has 54 valence electrons. The lowest BCUT2D eigenvalue weighted by atomic mass is 10.2. The minimum absolute atomic E-state index is 0.394. The Labute approximate surface area is 63.5 Å². The predicted octanol–water partition coefficient (Wildman–Crippen LogP) is 1.41. The molecular formula is C7H5N3O. The quantitative estimate of drug-likeness (QED) is 0.594. The highest BCUT2D eigenvalue weighted by atomic mass is 16.3. The molecule has 0 radical (unpaired) electrons. The van der Waals surface area contributed by atoms with Crippen molar-refractivity contribution in [3.63, 3.8) is 0 Å². The molecule has 4 heteroatoms. The Morgan fingerprint density at radius 1 is 1.64 bits per heavy atom. The minimum Gasteiger partial charge on any atom is -0.258 e. The van der Waals surface area contributed by atoms with Gasteiger partial charge in [-0.15, -0.1) is 4.91 Å². The van der Waals surface area contributed by atoms with E-state index < -0.39 is 6.04 Å². The van der Waals surface area contributed by atoms with E-state index in [-0.39, 0.29) is 0 Å². The van der Waals surface area contributed by atoms with Gasteiger partial charge < -0.3 is 0 Å². The Kier molecular flexibility index (Phi) is 2.28. The Hall–Kier alpha value is -1.76. The number of hydrogen-bond acceptors (Lipinski definition) is 4. The highest BCUT2D eigenvalue weighted by Crippen LogP contribution is 2.11. The van der Waals surface area contributed by atoms with Crippen molar-refractivity contribution < 1.29 is 0 Å². The number of pyridine rings is 1. The Bertz CT molecular complexity index is 277. The van der Waals surface area contributed by atoms with Gasteiger partial charge in [-0.25, -0.2) is 0 Å². The van der Waals surface area contributed by atoms with Crippen molar-refractivity contribution >= 4 is 0 Å². The van der Waals surface area contributed by atoms with Crippen LogP contribution in [0.25, 0.3) is 0 Å². The van der Waals surface area contributed by atoms with Crippen molar-refractivity contribution in [1.29, 1.82) is 5.26 Å². The molecule has 0 fully saturated rings. The zero-order valence-electron chi connectivity index (χ0n) is 5.64. The molecule has 1 aromatic rings. The van der Waals surface area contributed by atoms with Gasteiger partial charge in [0, 0.05) is 6.20 Å². The maximum Gasteiger partial charge on any atom is 0.219 e. The Balaban J connectivity index is 2.93. The molecule has 0 saturated carbocycles. The van der Waals surface area contributed by atoms with Crippen molar-refractivity contribution in [2.45, 2.75) is 6.04 Å². The summed E-state index contributed by atoms with van der Waals surface area (Å²) in [7, 11) is 0. The van der Waals surface area contributed by atoms with Crippen LogP contribution in [-0.2, 0) is 0 Å². The third-order valence-corrected chi connectivity index (χ3v) is 1.20. The van der Waals surface area contributed by atoms with E-state index in [9.17, 15) is 4.91 Å². The summed E-state index contributed by atoms with van der Waals surface area (Å²) < 4.78 is 0. The van der Waals surface area contributed by atoms with Crippen LogP contribution in [0.15, 0.2) is 29.6 Å². The zero-order chi connectivity index (χ0) is 8.10. The first kappa shape index (κ1) is 7.35. The fourth-order valence-corrected chi connectivity index (χ4v) is 0.681. The Morgan fingerprint density at radius 3 is 2.91 bits per heavy atom. The molecule has 0 aliphatic heterocycles. The maximum atomic E-state index is 10.0. The van der Waals surface area contributed by atoms with Gasteiger partial charge in [0.1, 0.15) is 0 Å². The van der Waals surface area contributed by atoms with Crippen molar-refractivity contribution in [3.05, 3.63) is 35.0 Å². The number of nitriles is 1. The first-order chi connectivity index (χ1) is 5.38. The molecule has 0 aliphatic rings. The van der Waals surface area contributed by atoms with Gasteiger partial charge in [0.25, 0.3) is 0 Å². The second kappa shape index (κ2) is 3.42. The molecule has 1 aromatic heterocycles. The number of hydrogen-bond donors (Lipinski definition) is 0. The van der Waals surface area contributed by atoms with Crippen LogP contribution in [-0.4, -0.2) is 4.98 Å². The summed E-state index contributed by atoms with van der Waals surface area (Å²) in [6, 6.07) is 5.76. The van der Waals surface area contributed by atoms with Gasteiger partial charge in [0.05, 0.1) is 11.8 Å². The molecule has 0 spiro atoms. The summed E-state index contributed by atoms with van der Waals surface area (Å²) in [6.07, 6.45) is 1.52. The maximum absolute atomic E-state index is 10.0. The van der Waals surface area contributed by atoms with Crippen molar-refractivity contribution in [2.75, 3.05) is 0 Å². The van der Waals surface area contributed by atoms with Gasteiger partial charge >= 0.3 is 0 Å². The average Bonchev–Trinajstić information content (AvgIpc) is 2.09. The third kappa shape index (κ3) is 1.58. The average molecular weight is 147 g/mol. The molecule has 1 unspecified atom stereocenters. The fraction of sp³-hybridized carbons (Fsp3) is 0.143. The van der Waals surface area contributed by atoms with Crippen LogP contribution in [0.2, 0.25) is 0 Å². The lowest BCUT2D eigenvalue weighted by molar-refractivity contribution is 0.868. The summed E-state index contributed by atoms with van der Waals surface area (Å²) in [5, 5.41) is 11.0. The normalized spacial score (nSPS) is 11.5. The van der Waals surface area contributed by atoms with E-state index >= 15 is 0 Å². The molecule has 0 aliphatic carbocycles. The van der Waals surface area contributed by atoms with Crippen molar-refractivity contribution in [2.24, 2.45) is 5.18 Å². The van der Waals surface area contributed by atoms with Gasteiger partial charge in [-0.3, -0.25) is 4.98 Å². The molecule has 0 N–H and O–H groups in total. The van der Waals surface area contributed by atoms with Gasteiger partial charge in [0.2, 0.25) is 6.04 Å². The molecule has 1 atom stereocenters. The minimum atomic E-state index is -0.976. The van der Waals surface area contributed by atoms with Crippen LogP contribution in [0.5, 0.6) is 0 Å². The lowest BCUT2D eigenvalue weighted by Gasteiger charge is -1.95. The molecule has 0 aromatic carbocycles. The molecule has 11 heavy (non-hydrogen) atoms. The highest BCUT2D eigenvalue weighted by Gasteiger charge is 2.09. The van der Waals surface area contributed by atoms with E-state index in [0.717, 1.165) is 0 Å². The van der Waals surface area contributed by atoms with E-state index in [2.05, 4.69) is 10.2 Å². The van der Waals surface area contributed by atoms with Crippen LogP contribution in [0.1, 0.15) is 11.7 Å². The monoisotopic (exact) mass is 147 g/mol. The molecule has 4 nitrogen and oxygen atoms in total. The first-order valence-electron chi connectivity index (χ1n) is 3.01. The first-order valence-corrected chi connectivity index (χ1v) is 3.01. The summed E-state index contributed by atoms with van der Waals surface area (Å²) in [5.41, 5.74) is 0.394. The zero-order valence-corrected chi connectivity index (χ0v) is 5.64. The fourth-order valence-electron chi connectivity index (χ4n) is 0.681. The van der Waals surface area contributed by atoms with E-state index in [0.29, 0.717) is 5.69 Å². The van der Waals surface area contributed by atoms with E-state index in [1.165, 1.54) is 6.20 Å². The van der Waals surface area contributed by atoms with E-state index in [1.807, 2.05) is 0 Å². The molecule has 1 heterocycles. The van der Waals surface area contributed by atoms with Crippen molar-refractivity contribution in [3.8, 4) is 6.07 Å². The number of nitrogens with zero attached hydrogens (tertiary/aromatic N) is 3. The lowest BCUT2D eigenvalue weighted by Crippen LogP contribution is -1.92. The van der Waals surface area contributed by atoms with Gasteiger partial charge in [-0.05, 0) is 17.3 Å². The van der Waals surface area contributed by atoms with Gasteiger partial charge in [-0.2, -0.15) is 5.26 Å². The topological polar surface area (TPSA) is 66.1 Å². The van der Waals surface area contributed by atoms with Crippen molar-refractivity contribution in [1.82, 2.24) is 4.98 Å². The standard InChI is InChI=1S/C7H5N3O/c8-5-7(10-11)6-3-1-2-4-9-6/h1-4,7H. The predicted molar refractivity (Wildman–Crippen MR) is 38.4 cm³/mol. The second-order valence-electron chi connectivity index (χ2n) is 1.89. The molecule has 0 amide bonds. The second-order valence-corrected chi connectivity index (χ2v) is 1.89. The molecule has 0 saturated heterocycles. The summed E-state index contributed by atoms with van der Waals surface area (Å²) in [6.45, 7) is 0. The highest BCUT2D eigenvalue weighted by molar-refractivity contribution is 5.15. The van der Waals surface area contributed by atoms with Crippen LogP contribution < -0.4 is 0 Å². The van der Waals surface area contributed by atoms with Crippen LogP contribution in [0.4, 0.5) is 0 Å². The number of nitroso groups, excluding NO2 is 1. The molecule has 1 rings (SSSR count). The summed E-state index contributed by atoms with van der Waals surface area (Å²) in [5.74, 6) is 0. The smallest absolute Gasteiger partial charge is 0.219 e.